The van der Waals surface area contributed by atoms with Gasteiger partial charge in [0.05, 0.1) is 11.6 Å². The topological polar surface area (TPSA) is 97.0 Å². The van der Waals surface area contributed by atoms with Crippen molar-refractivity contribution in [2.24, 2.45) is 0 Å². The van der Waals surface area contributed by atoms with Crippen molar-refractivity contribution in [3.63, 3.8) is 0 Å². The molecule has 27 heavy (non-hydrogen) atoms. The highest BCUT2D eigenvalue weighted by atomic mass is 79.9. The van der Waals surface area contributed by atoms with E-state index in [1.165, 1.54) is 5.56 Å². The first kappa shape index (κ1) is 16.2. The molecule has 1 aliphatic heterocycles. The molecular formula is C17H15BrN8O. The Bertz CT molecular complexity index is 1150. The maximum absolute atomic E-state index is 13.1. The van der Waals surface area contributed by atoms with E-state index < -0.39 is 0 Å². The van der Waals surface area contributed by atoms with E-state index in [4.69, 9.17) is 0 Å². The van der Waals surface area contributed by atoms with Crippen molar-refractivity contribution < 1.29 is 4.79 Å². The van der Waals surface area contributed by atoms with Crippen LogP contribution in [0.15, 0.2) is 41.3 Å². The molecule has 4 aromatic rings. The van der Waals surface area contributed by atoms with Crippen LogP contribution < -0.4 is 0 Å². The second-order valence-corrected chi connectivity index (χ2v) is 7.46. The van der Waals surface area contributed by atoms with Gasteiger partial charge in [-0.25, -0.2) is 9.61 Å². The number of hydrogen-bond donors (Lipinski definition) is 1. The molecule has 0 bridgehead atoms. The first-order valence-corrected chi connectivity index (χ1v) is 9.30. The number of aromatic amines is 1. The number of aromatic nitrogens is 7. The number of amides is 1. The highest BCUT2D eigenvalue weighted by molar-refractivity contribution is 9.10. The monoisotopic (exact) mass is 426 g/mol. The maximum atomic E-state index is 13.1. The molecule has 0 saturated carbocycles. The fraction of sp³-hybridized carbons (Fsp3) is 0.235. The number of halogens is 1. The summed E-state index contributed by atoms with van der Waals surface area (Å²) < 4.78 is 4.49. The molecule has 5 rings (SSSR count). The van der Waals surface area contributed by atoms with Crippen LogP contribution >= 0.6 is 15.9 Å². The number of H-pyrrole nitrogens is 1. The zero-order valence-electron chi connectivity index (χ0n) is 14.4. The fourth-order valence-corrected chi connectivity index (χ4v) is 3.90. The molecule has 0 spiro atoms. The lowest BCUT2D eigenvalue weighted by molar-refractivity contribution is 0.0672. The van der Waals surface area contributed by atoms with Gasteiger partial charge in [-0.15, -0.1) is 0 Å². The van der Waals surface area contributed by atoms with Gasteiger partial charge in [0, 0.05) is 29.6 Å². The lowest BCUT2D eigenvalue weighted by atomic mass is 9.98. The fourth-order valence-electron chi connectivity index (χ4n) is 3.58. The van der Waals surface area contributed by atoms with Gasteiger partial charge in [0.25, 0.3) is 11.9 Å². The summed E-state index contributed by atoms with van der Waals surface area (Å²) >= 11 is 3.43. The number of nitrogens with one attached hydrogen (secondary N) is 1. The summed E-state index contributed by atoms with van der Waals surface area (Å²) in [6, 6.07) is 5.62. The zero-order valence-corrected chi connectivity index (χ0v) is 16.0. The number of rotatable bonds is 2. The van der Waals surface area contributed by atoms with Crippen molar-refractivity contribution in [1.29, 1.82) is 0 Å². The Morgan fingerprint density at radius 1 is 1.30 bits per heavy atom. The third-order valence-corrected chi connectivity index (χ3v) is 5.43. The van der Waals surface area contributed by atoms with Gasteiger partial charge in [-0.1, -0.05) is 5.10 Å². The van der Waals surface area contributed by atoms with Gasteiger partial charge in [-0.2, -0.15) is 5.10 Å². The lowest BCUT2D eigenvalue weighted by Gasteiger charge is -2.33. The number of carbonyl (C=O) groups excluding carboxylic acids is 1. The van der Waals surface area contributed by atoms with E-state index in [0.29, 0.717) is 18.2 Å². The minimum absolute atomic E-state index is 0.0603. The molecule has 10 heteroatoms. The van der Waals surface area contributed by atoms with Gasteiger partial charge in [0.1, 0.15) is 0 Å². The van der Waals surface area contributed by atoms with Crippen molar-refractivity contribution in [3.8, 4) is 5.95 Å². The van der Waals surface area contributed by atoms with Gasteiger partial charge < -0.3 is 4.90 Å². The summed E-state index contributed by atoms with van der Waals surface area (Å²) in [6.45, 7) is 2.68. The van der Waals surface area contributed by atoms with Crippen molar-refractivity contribution >= 4 is 27.4 Å². The molecule has 1 amide bonds. The van der Waals surface area contributed by atoms with Crippen molar-refractivity contribution in [1.82, 2.24) is 39.7 Å². The van der Waals surface area contributed by atoms with Crippen LogP contribution in [0.2, 0.25) is 0 Å². The average Bonchev–Trinajstić information content (AvgIpc) is 3.39. The first-order valence-electron chi connectivity index (χ1n) is 8.51. The highest BCUT2D eigenvalue weighted by Gasteiger charge is 2.31. The number of carbonyl (C=O) groups is 1. The largest absolute Gasteiger partial charge is 0.330 e. The molecule has 9 nitrogen and oxygen atoms in total. The molecule has 0 aliphatic carbocycles. The highest BCUT2D eigenvalue weighted by Crippen LogP contribution is 2.32. The quantitative estimate of drug-likeness (QED) is 0.529. The zero-order chi connectivity index (χ0) is 18.5. The summed E-state index contributed by atoms with van der Waals surface area (Å²) in [7, 11) is 0. The number of fused-ring (bicyclic) bond motifs is 2. The Kier molecular flexibility index (Phi) is 3.61. The minimum atomic E-state index is -0.0675. The maximum Gasteiger partial charge on any atom is 0.274 e. The molecule has 1 N–H and O–H groups in total. The summed E-state index contributed by atoms with van der Waals surface area (Å²) in [5.74, 6) is 0.488. The van der Waals surface area contributed by atoms with E-state index in [1.807, 2.05) is 53.2 Å². The summed E-state index contributed by atoms with van der Waals surface area (Å²) in [5.41, 5.74) is 3.62. The van der Waals surface area contributed by atoms with Crippen LogP contribution in [-0.4, -0.2) is 52.2 Å². The molecule has 0 radical (unpaired) electrons. The van der Waals surface area contributed by atoms with Gasteiger partial charge in [0.15, 0.2) is 5.69 Å². The normalized spacial score (nSPS) is 16.7. The number of nitrogens with zero attached hydrogens (tertiary/aromatic N) is 7. The molecule has 4 aromatic heterocycles. The Balaban J connectivity index is 1.46. The second-order valence-electron chi connectivity index (χ2n) is 6.54. The average molecular weight is 427 g/mol. The van der Waals surface area contributed by atoms with Gasteiger partial charge in [-0.05, 0) is 69.0 Å². The molecule has 0 aromatic carbocycles. The summed E-state index contributed by atoms with van der Waals surface area (Å²) in [5, 5.41) is 18.4. The third kappa shape index (κ3) is 2.64. The van der Waals surface area contributed by atoms with Crippen LogP contribution in [0.1, 0.15) is 34.6 Å². The lowest BCUT2D eigenvalue weighted by Crippen LogP contribution is -2.38. The van der Waals surface area contributed by atoms with Crippen molar-refractivity contribution in [3.05, 3.63) is 58.1 Å². The Labute approximate surface area is 162 Å². The van der Waals surface area contributed by atoms with Crippen LogP contribution in [0, 0.1) is 0 Å². The van der Waals surface area contributed by atoms with E-state index in [1.54, 1.807) is 4.52 Å². The van der Waals surface area contributed by atoms with E-state index in [0.717, 1.165) is 22.0 Å². The molecule has 5 heterocycles. The van der Waals surface area contributed by atoms with Crippen LogP contribution in [-0.2, 0) is 6.42 Å². The van der Waals surface area contributed by atoms with Crippen LogP contribution in [0.5, 0.6) is 0 Å². The number of tetrazole rings is 1. The molecule has 0 fully saturated rings. The van der Waals surface area contributed by atoms with E-state index in [2.05, 4.69) is 41.7 Å². The molecular weight excluding hydrogens is 412 g/mol. The standard InChI is InChI=1S/C17H15BrN8O/c1-10-14-9-24(17-19-22-23-20-17)7-11(14)4-5-25(10)16(27)15-6-13-3-2-12(18)8-26(13)21-15/h2-3,6-10H,4-5H2,1H3,(H,19,20,22,23). The summed E-state index contributed by atoms with van der Waals surface area (Å²) in [4.78, 5) is 15.0. The smallest absolute Gasteiger partial charge is 0.274 e. The second kappa shape index (κ2) is 6.02. The molecule has 1 atom stereocenters. The van der Waals surface area contributed by atoms with E-state index in [9.17, 15) is 4.79 Å². The SMILES string of the molecule is CC1c2cn(-c3nnn[nH]3)cc2CCN1C(=O)c1cc2ccc(Br)cn2n1. The number of pyridine rings is 1. The third-order valence-electron chi connectivity index (χ3n) is 4.97. The van der Waals surface area contributed by atoms with E-state index >= 15 is 0 Å². The van der Waals surface area contributed by atoms with Crippen LogP contribution in [0.3, 0.4) is 0 Å². The molecule has 1 unspecified atom stereocenters. The van der Waals surface area contributed by atoms with Gasteiger partial charge in [0.2, 0.25) is 0 Å². The molecule has 136 valence electrons. The van der Waals surface area contributed by atoms with Crippen LogP contribution in [0.4, 0.5) is 0 Å². The Morgan fingerprint density at radius 2 is 2.19 bits per heavy atom. The van der Waals surface area contributed by atoms with Crippen LogP contribution in [0.25, 0.3) is 11.5 Å². The molecule has 1 aliphatic rings. The predicted octanol–water partition coefficient (Wildman–Crippen LogP) is 2.16. The van der Waals surface area contributed by atoms with Gasteiger partial charge >= 0.3 is 0 Å². The Hall–Kier alpha value is -3.01. The first-order chi connectivity index (χ1) is 13.1. The predicted molar refractivity (Wildman–Crippen MR) is 99.6 cm³/mol. The minimum Gasteiger partial charge on any atom is -0.330 e. The Morgan fingerprint density at radius 3 is 3.00 bits per heavy atom. The number of hydrogen-bond acceptors (Lipinski definition) is 5. The van der Waals surface area contributed by atoms with Crippen molar-refractivity contribution in [2.45, 2.75) is 19.4 Å². The molecule has 0 saturated heterocycles. The summed E-state index contributed by atoms with van der Waals surface area (Å²) in [6.07, 6.45) is 6.61. The van der Waals surface area contributed by atoms with Gasteiger partial charge in [-0.3, -0.25) is 9.36 Å². The van der Waals surface area contributed by atoms with E-state index in [-0.39, 0.29) is 11.9 Å². The van der Waals surface area contributed by atoms with Crippen molar-refractivity contribution in [2.75, 3.05) is 6.54 Å².